The molecule has 0 spiro atoms. The molecule has 0 unspecified atom stereocenters. The monoisotopic (exact) mass is 351 g/mol. The zero-order valence-electron chi connectivity index (χ0n) is 14.2. The highest BCUT2D eigenvalue weighted by Crippen LogP contribution is 2.26. The van der Waals surface area contributed by atoms with Crippen molar-refractivity contribution in [1.29, 1.82) is 0 Å². The Morgan fingerprint density at radius 3 is 2.38 bits per heavy atom. The summed E-state index contributed by atoms with van der Waals surface area (Å²) in [7, 11) is 2.15. The number of amides is 1. The van der Waals surface area contributed by atoms with Gasteiger partial charge >= 0.3 is 0 Å². The predicted octanol–water partition coefficient (Wildman–Crippen LogP) is 1.27. The molecule has 2 heterocycles. The number of nitrogens with zero attached hydrogens (tertiary/aromatic N) is 3. The minimum absolute atomic E-state index is 0.0333. The summed E-state index contributed by atoms with van der Waals surface area (Å²) in [5, 5.41) is 10.4. The van der Waals surface area contributed by atoms with Crippen molar-refractivity contribution in [2.24, 2.45) is 11.8 Å². The van der Waals surface area contributed by atoms with Crippen LogP contribution in [0, 0.1) is 11.8 Å². The molecule has 0 aliphatic carbocycles. The summed E-state index contributed by atoms with van der Waals surface area (Å²) >= 11 is 5.90. The van der Waals surface area contributed by atoms with Gasteiger partial charge in [0, 0.05) is 68.9 Å². The highest BCUT2D eigenvalue weighted by atomic mass is 35.5. The molecule has 0 bridgehead atoms. The second-order valence-electron chi connectivity index (χ2n) is 7.02. The van der Waals surface area contributed by atoms with Gasteiger partial charge in [-0.3, -0.25) is 4.79 Å². The summed E-state index contributed by atoms with van der Waals surface area (Å²) in [5.41, 5.74) is 0.663. The maximum absolute atomic E-state index is 12.7. The molecule has 2 aliphatic heterocycles. The van der Waals surface area contributed by atoms with E-state index in [0.29, 0.717) is 23.0 Å². The average molecular weight is 352 g/mol. The van der Waals surface area contributed by atoms with Crippen molar-refractivity contribution in [2.75, 3.05) is 59.5 Å². The zero-order chi connectivity index (χ0) is 17.1. The Morgan fingerprint density at radius 2 is 1.75 bits per heavy atom. The summed E-state index contributed by atoms with van der Waals surface area (Å²) in [5.74, 6) is 0.543. The van der Waals surface area contributed by atoms with Gasteiger partial charge in [0.25, 0.3) is 5.91 Å². The number of carbonyl (C=O) groups excluding carboxylic acids is 1. The van der Waals surface area contributed by atoms with E-state index in [1.165, 1.54) is 0 Å². The van der Waals surface area contributed by atoms with Gasteiger partial charge in [0.15, 0.2) is 0 Å². The van der Waals surface area contributed by atoms with Crippen LogP contribution in [0.2, 0.25) is 5.02 Å². The molecule has 1 N–H and O–H groups in total. The number of aliphatic hydroxyl groups excluding tert-OH is 1. The van der Waals surface area contributed by atoms with Crippen molar-refractivity contribution in [3.8, 4) is 0 Å². The number of hydrogen-bond acceptors (Lipinski definition) is 4. The Kier molecular flexibility index (Phi) is 5.76. The van der Waals surface area contributed by atoms with Gasteiger partial charge in [0.05, 0.1) is 0 Å². The van der Waals surface area contributed by atoms with Gasteiger partial charge in [-0.1, -0.05) is 11.6 Å². The first kappa shape index (κ1) is 17.7. The maximum atomic E-state index is 12.7. The number of halogens is 1. The smallest absolute Gasteiger partial charge is 0.253 e. The van der Waals surface area contributed by atoms with Crippen LogP contribution in [-0.4, -0.2) is 85.2 Å². The fourth-order valence-electron chi connectivity index (χ4n) is 3.66. The Bertz CT molecular complexity index is 558. The number of likely N-dealkylation sites (tertiary alicyclic amines) is 1. The molecular weight excluding hydrogens is 326 g/mol. The summed E-state index contributed by atoms with van der Waals surface area (Å²) in [6.07, 6.45) is 0. The lowest BCUT2D eigenvalue weighted by Gasteiger charge is -2.34. The molecule has 1 aromatic rings. The molecule has 5 nitrogen and oxygen atoms in total. The Labute approximate surface area is 148 Å². The molecule has 132 valence electrons. The first-order valence-electron chi connectivity index (χ1n) is 8.63. The normalized spacial score (nSPS) is 26.0. The van der Waals surface area contributed by atoms with E-state index in [2.05, 4.69) is 16.8 Å². The average Bonchev–Trinajstić information content (AvgIpc) is 3.00. The number of hydrogen-bond donors (Lipinski definition) is 1. The van der Waals surface area contributed by atoms with Crippen LogP contribution in [0.3, 0.4) is 0 Å². The Hall–Kier alpha value is -1.14. The molecular formula is C18H26ClN3O2. The van der Waals surface area contributed by atoms with E-state index in [1.54, 1.807) is 24.3 Å². The van der Waals surface area contributed by atoms with Crippen LogP contribution in [0.15, 0.2) is 24.3 Å². The minimum Gasteiger partial charge on any atom is -0.396 e. The molecule has 6 heteroatoms. The molecule has 2 atom stereocenters. The fourth-order valence-corrected chi connectivity index (χ4v) is 3.78. The van der Waals surface area contributed by atoms with Crippen molar-refractivity contribution in [2.45, 2.75) is 0 Å². The summed E-state index contributed by atoms with van der Waals surface area (Å²) in [6.45, 7) is 6.77. The third kappa shape index (κ3) is 4.09. The van der Waals surface area contributed by atoms with Gasteiger partial charge in [0.1, 0.15) is 0 Å². The van der Waals surface area contributed by atoms with Gasteiger partial charge in [-0.25, -0.2) is 0 Å². The quantitative estimate of drug-likeness (QED) is 0.887. The van der Waals surface area contributed by atoms with Crippen molar-refractivity contribution in [3.05, 3.63) is 34.9 Å². The molecule has 3 rings (SSSR count). The Morgan fingerprint density at radius 1 is 1.12 bits per heavy atom. The van der Waals surface area contributed by atoms with Crippen molar-refractivity contribution < 1.29 is 9.90 Å². The highest BCUT2D eigenvalue weighted by Gasteiger charge is 2.36. The van der Waals surface area contributed by atoms with Gasteiger partial charge in [0.2, 0.25) is 0 Å². The number of piperazine rings is 1. The third-order valence-corrected chi connectivity index (χ3v) is 5.53. The van der Waals surface area contributed by atoms with E-state index in [4.69, 9.17) is 11.6 Å². The first-order chi connectivity index (χ1) is 11.6. The lowest BCUT2D eigenvalue weighted by Crippen LogP contribution is -2.47. The predicted molar refractivity (Wildman–Crippen MR) is 95.4 cm³/mol. The van der Waals surface area contributed by atoms with Crippen molar-refractivity contribution in [3.63, 3.8) is 0 Å². The van der Waals surface area contributed by atoms with Crippen LogP contribution in [0.1, 0.15) is 10.4 Å². The van der Waals surface area contributed by atoms with E-state index in [-0.39, 0.29) is 18.4 Å². The van der Waals surface area contributed by atoms with Crippen molar-refractivity contribution in [1.82, 2.24) is 14.7 Å². The standard InChI is InChI=1S/C18H26ClN3O2/c1-20-6-8-21(9-7-20)10-15-11-22(12-16(15)13-23)18(24)14-2-4-17(19)5-3-14/h2-5,15-16,23H,6-13H2,1H3/t15-,16-/m1/s1. The van der Waals surface area contributed by atoms with E-state index in [0.717, 1.165) is 39.3 Å². The second kappa shape index (κ2) is 7.83. The molecule has 0 saturated carbocycles. The largest absolute Gasteiger partial charge is 0.396 e. The molecule has 2 fully saturated rings. The van der Waals surface area contributed by atoms with E-state index >= 15 is 0 Å². The lowest BCUT2D eigenvalue weighted by molar-refractivity contribution is 0.0777. The molecule has 2 saturated heterocycles. The number of aliphatic hydroxyl groups is 1. The molecule has 2 aliphatic rings. The van der Waals surface area contributed by atoms with Crippen LogP contribution < -0.4 is 0 Å². The number of likely N-dealkylation sites (N-methyl/N-ethyl adjacent to an activating group) is 1. The van der Waals surface area contributed by atoms with Crippen LogP contribution in [0.5, 0.6) is 0 Å². The minimum atomic E-state index is 0.0333. The van der Waals surface area contributed by atoms with Crippen LogP contribution in [0.4, 0.5) is 0 Å². The van der Waals surface area contributed by atoms with E-state index in [9.17, 15) is 9.90 Å². The summed E-state index contributed by atoms with van der Waals surface area (Å²) in [4.78, 5) is 19.4. The van der Waals surface area contributed by atoms with E-state index in [1.807, 2.05) is 4.90 Å². The van der Waals surface area contributed by atoms with Gasteiger partial charge in [-0.05, 0) is 37.2 Å². The van der Waals surface area contributed by atoms with Gasteiger partial charge in [-0.15, -0.1) is 0 Å². The highest BCUT2D eigenvalue weighted by molar-refractivity contribution is 6.30. The zero-order valence-corrected chi connectivity index (χ0v) is 15.0. The third-order valence-electron chi connectivity index (χ3n) is 5.28. The molecule has 1 amide bonds. The van der Waals surface area contributed by atoms with Crippen LogP contribution in [-0.2, 0) is 0 Å². The summed E-state index contributed by atoms with van der Waals surface area (Å²) < 4.78 is 0. The number of rotatable bonds is 4. The van der Waals surface area contributed by atoms with Gasteiger partial charge < -0.3 is 19.8 Å². The summed E-state index contributed by atoms with van der Waals surface area (Å²) in [6, 6.07) is 7.03. The topological polar surface area (TPSA) is 47.0 Å². The van der Waals surface area contributed by atoms with E-state index < -0.39 is 0 Å². The SMILES string of the molecule is CN1CCN(C[C@@H]2CN(C(=O)c3ccc(Cl)cc3)C[C@@H]2CO)CC1. The lowest BCUT2D eigenvalue weighted by atomic mass is 9.96. The van der Waals surface area contributed by atoms with Crippen LogP contribution >= 0.6 is 11.6 Å². The molecule has 24 heavy (non-hydrogen) atoms. The van der Waals surface area contributed by atoms with Crippen molar-refractivity contribution >= 4 is 17.5 Å². The fraction of sp³-hybridized carbons (Fsp3) is 0.611. The second-order valence-corrected chi connectivity index (χ2v) is 7.46. The molecule has 0 aromatic heterocycles. The maximum Gasteiger partial charge on any atom is 0.253 e. The first-order valence-corrected chi connectivity index (χ1v) is 9.01. The Balaban J connectivity index is 1.61. The molecule has 0 radical (unpaired) electrons. The van der Waals surface area contributed by atoms with Gasteiger partial charge in [-0.2, -0.15) is 0 Å². The number of carbonyl (C=O) groups is 1. The number of benzene rings is 1. The molecule has 1 aromatic carbocycles. The van der Waals surface area contributed by atoms with Crippen LogP contribution in [0.25, 0.3) is 0 Å².